The second kappa shape index (κ2) is 9.76. The van der Waals surface area contributed by atoms with Gasteiger partial charge in [0.05, 0.1) is 0 Å². The van der Waals surface area contributed by atoms with Crippen LogP contribution in [0.5, 0.6) is 0 Å². The van der Waals surface area contributed by atoms with Crippen LogP contribution in [-0.4, -0.2) is 50.3 Å². The summed E-state index contributed by atoms with van der Waals surface area (Å²) in [6.07, 6.45) is 5.01. The maximum Gasteiger partial charge on any atom is 0.0478 e. The summed E-state index contributed by atoms with van der Waals surface area (Å²) in [5.74, 6) is 0.829. The molecule has 108 valence electrons. The van der Waals surface area contributed by atoms with Crippen LogP contribution in [0.4, 0.5) is 0 Å². The summed E-state index contributed by atoms with van der Waals surface area (Å²) >= 11 is 0. The van der Waals surface area contributed by atoms with Gasteiger partial charge in [0.1, 0.15) is 0 Å². The predicted octanol–water partition coefficient (Wildman–Crippen LogP) is 2.51. The molecule has 1 aliphatic heterocycles. The quantitative estimate of drug-likeness (QED) is 0.642. The van der Waals surface area contributed by atoms with Crippen LogP contribution < -0.4 is 5.32 Å². The number of hydrogen-bond donors (Lipinski definition) is 1. The first kappa shape index (κ1) is 15.9. The molecule has 0 spiro atoms. The first-order valence-corrected chi connectivity index (χ1v) is 7.81. The molecule has 3 heteroatoms. The van der Waals surface area contributed by atoms with E-state index in [-0.39, 0.29) is 0 Å². The van der Waals surface area contributed by atoms with Gasteiger partial charge in [0.25, 0.3) is 0 Å². The summed E-state index contributed by atoms with van der Waals surface area (Å²) in [5.41, 5.74) is 0. The molecular formula is C15H32N2O. The Morgan fingerprint density at radius 1 is 1.33 bits per heavy atom. The highest BCUT2D eigenvalue weighted by atomic mass is 16.5. The highest BCUT2D eigenvalue weighted by molar-refractivity contribution is 4.79. The molecule has 18 heavy (non-hydrogen) atoms. The van der Waals surface area contributed by atoms with E-state index in [4.69, 9.17) is 4.74 Å². The van der Waals surface area contributed by atoms with Crippen molar-refractivity contribution in [2.45, 2.75) is 52.5 Å². The molecule has 1 aliphatic rings. The number of piperidine rings is 1. The Morgan fingerprint density at radius 2 is 2.17 bits per heavy atom. The molecule has 1 heterocycles. The molecule has 1 saturated heterocycles. The minimum Gasteiger partial charge on any atom is -0.381 e. The molecule has 0 aliphatic carbocycles. The minimum absolute atomic E-state index is 0.644. The van der Waals surface area contributed by atoms with Gasteiger partial charge >= 0.3 is 0 Å². The highest BCUT2D eigenvalue weighted by Crippen LogP contribution is 2.19. The van der Waals surface area contributed by atoms with Gasteiger partial charge in [-0.05, 0) is 58.2 Å². The Balaban J connectivity index is 2.06. The average Bonchev–Trinajstić information content (AvgIpc) is 2.42. The van der Waals surface area contributed by atoms with Crippen LogP contribution in [0, 0.1) is 5.92 Å². The zero-order valence-corrected chi connectivity index (χ0v) is 12.6. The van der Waals surface area contributed by atoms with E-state index in [1.54, 1.807) is 0 Å². The monoisotopic (exact) mass is 256 g/mol. The van der Waals surface area contributed by atoms with Crippen molar-refractivity contribution in [3.8, 4) is 0 Å². The van der Waals surface area contributed by atoms with Crippen molar-refractivity contribution in [3.05, 3.63) is 0 Å². The lowest BCUT2D eigenvalue weighted by Crippen LogP contribution is -2.44. The summed E-state index contributed by atoms with van der Waals surface area (Å²) in [6.45, 7) is 13.4. The lowest BCUT2D eigenvalue weighted by molar-refractivity contribution is 0.127. The average molecular weight is 256 g/mol. The van der Waals surface area contributed by atoms with Crippen molar-refractivity contribution in [2.75, 3.05) is 39.4 Å². The van der Waals surface area contributed by atoms with E-state index in [2.05, 4.69) is 31.0 Å². The van der Waals surface area contributed by atoms with Gasteiger partial charge in [-0.3, -0.25) is 0 Å². The molecule has 0 radical (unpaired) electrons. The molecular weight excluding hydrogens is 224 g/mol. The highest BCUT2D eigenvalue weighted by Gasteiger charge is 2.23. The Hall–Kier alpha value is -0.120. The van der Waals surface area contributed by atoms with Gasteiger partial charge in [-0.2, -0.15) is 0 Å². The predicted molar refractivity (Wildman–Crippen MR) is 78.0 cm³/mol. The largest absolute Gasteiger partial charge is 0.381 e. The third kappa shape index (κ3) is 6.17. The Bertz CT molecular complexity index is 199. The molecule has 0 aromatic heterocycles. The van der Waals surface area contributed by atoms with E-state index in [0.717, 1.165) is 38.5 Å². The van der Waals surface area contributed by atoms with Crippen LogP contribution in [0.2, 0.25) is 0 Å². The van der Waals surface area contributed by atoms with Crippen molar-refractivity contribution in [1.29, 1.82) is 0 Å². The lowest BCUT2D eigenvalue weighted by Gasteiger charge is -2.35. The number of nitrogens with one attached hydrogen (secondary N) is 1. The minimum atomic E-state index is 0.644. The van der Waals surface area contributed by atoms with E-state index in [9.17, 15) is 0 Å². The van der Waals surface area contributed by atoms with Crippen molar-refractivity contribution in [3.63, 3.8) is 0 Å². The maximum atomic E-state index is 5.50. The van der Waals surface area contributed by atoms with Crippen molar-refractivity contribution in [2.24, 2.45) is 5.92 Å². The van der Waals surface area contributed by atoms with E-state index in [0.29, 0.717) is 6.04 Å². The van der Waals surface area contributed by atoms with Gasteiger partial charge in [-0.1, -0.05) is 13.8 Å². The molecule has 0 amide bonds. The fraction of sp³-hybridized carbons (Fsp3) is 1.00. The van der Waals surface area contributed by atoms with Crippen molar-refractivity contribution in [1.82, 2.24) is 10.2 Å². The number of likely N-dealkylation sites (tertiary alicyclic amines) is 1. The Labute approximate surface area is 113 Å². The van der Waals surface area contributed by atoms with Gasteiger partial charge in [-0.15, -0.1) is 0 Å². The molecule has 0 bridgehead atoms. The normalized spacial score (nSPS) is 23.2. The van der Waals surface area contributed by atoms with Gasteiger partial charge < -0.3 is 15.0 Å². The summed E-state index contributed by atoms with van der Waals surface area (Å²) < 4.78 is 5.50. The topological polar surface area (TPSA) is 24.5 Å². The van der Waals surface area contributed by atoms with Gasteiger partial charge in [0.15, 0.2) is 0 Å². The molecule has 1 fully saturated rings. The summed E-state index contributed by atoms with van der Waals surface area (Å²) in [4.78, 5) is 2.58. The Kier molecular flexibility index (Phi) is 8.64. The zero-order chi connectivity index (χ0) is 13.2. The molecule has 1 rings (SSSR count). The maximum absolute atomic E-state index is 5.50. The SMILES string of the molecule is CCCOCCCNC(C)C1CCCN(CC)C1. The second-order valence-corrected chi connectivity index (χ2v) is 5.50. The first-order chi connectivity index (χ1) is 8.77. The molecule has 0 aromatic rings. The lowest BCUT2D eigenvalue weighted by atomic mass is 9.91. The van der Waals surface area contributed by atoms with Crippen LogP contribution in [-0.2, 0) is 4.74 Å². The number of hydrogen-bond acceptors (Lipinski definition) is 3. The molecule has 0 aromatic carbocycles. The fourth-order valence-corrected chi connectivity index (χ4v) is 2.70. The van der Waals surface area contributed by atoms with E-state index in [1.165, 1.54) is 32.5 Å². The summed E-state index contributed by atoms with van der Waals surface area (Å²) in [7, 11) is 0. The number of nitrogens with zero attached hydrogens (tertiary/aromatic N) is 1. The third-order valence-corrected chi connectivity index (χ3v) is 3.98. The second-order valence-electron chi connectivity index (χ2n) is 5.50. The van der Waals surface area contributed by atoms with Crippen LogP contribution in [0.3, 0.4) is 0 Å². The van der Waals surface area contributed by atoms with Crippen LogP contribution in [0.1, 0.15) is 46.5 Å². The fourth-order valence-electron chi connectivity index (χ4n) is 2.70. The molecule has 0 saturated carbocycles. The standard InChI is InChI=1S/C15H32N2O/c1-4-11-18-12-7-9-16-14(3)15-8-6-10-17(5-2)13-15/h14-16H,4-13H2,1-3H3. The number of ether oxygens (including phenoxy) is 1. The van der Waals surface area contributed by atoms with Gasteiger partial charge in [0.2, 0.25) is 0 Å². The smallest absolute Gasteiger partial charge is 0.0478 e. The molecule has 3 nitrogen and oxygen atoms in total. The van der Waals surface area contributed by atoms with E-state index >= 15 is 0 Å². The first-order valence-electron chi connectivity index (χ1n) is 7.81. The summed E-state index contributed by atoms with van der Waals surface area (Å²) in [6, 6.07) is 0.644. The molecule has 2 unspecified atom stereocenters. The van der Waals surface area contributed by atoms with Gasteiger partial charge in [0, 0.05) is 25.8 Å². The third-order valence-electron chi connectivity index (χ3n) is 3.98. The zero-order valence-electron chi connectivity index (χ0n) is 12.6. The van der Waals surface area contributed by atoms with Crippen molar-refractivity contribution >= 4 is 0 Å². The molecule has 1 N–H and O–H groups in total. The van der Waals surface area contributed by atoms with Crippen LogP contribution in [0.25, 0.3) is 0 Å². The van der Waals surface area contributed by atoms with E-state index < -0.39 is 0 Å². The number of rotatable bonds is 9. The van der Waals surface area contributed by atoms with Gasteiger partial charge in [-0.25, -0.2) is 0 Å². The van der Waals surface area contributed by atoms with Crippen molar-refractivity contribution < 1.29 is 4.74 Å². The van der Waals surface area contributed by atoms with Crippen LogP contribution in [0.15, 0.2) is 0 Å². The van der Waals surface area contributed by atoms with Crippen LogP contribution >= 0.6 is 0 Å². The Morgan fingerprint density at radius 3 is 2.89 bits per heavy atom. The van der Waals surface area contributed by atoms with E-state index in [1.807, 2.05) is 0 Å². The summed E-state index contributed by atoms with van der Waals surface area (Å²) in [5, 5.41) is 3.67. The molecule has 2 atom stereocenters.